The normalized spacial score (nSPS) is 14.1. The van der Waals surface area contributed by atoms with Crippen molar-refractivity contribution in [1.82, 2.24) is 0 Å². The Morgan fingerprint density at radius 2 is 0.434 bits per heavy atom. The second-order valence-electron chi connectivity index (χ2n) is 43.2. The first-order valence-corrected chi connectivity index (χ1v) is 117. The first-order valence-electron chi connectivity index (χ1n) is 47.0. The van der Waals surface area contributed by atoms with Crippen molar-refractivity contribution in [3.63, 3.8) is 0 Å². The van der Waals surface area contributed by atoms with E-state index in [1.165, 1.54) is 30.2 Å². The Bertz CT molecular complexity index is 3700. The zero-order chi connectivity index (χ0) is 100. The van der Waals surface area contributed by atoms with Crippen LogP contribution in [0.15, 0.2) is 152 Å². The molecule has 0 amide bonds. The SMILES string of the molecule is C[SiH](C)CCO[Si](C)(C)O[Si](C)(C)O[Si](C)(C)CC[SiH](C)C.C[SiH](C)CCO[Si](C)(C)O[Si](O[Si](C)(C)O[Si](C)(C)CC[SiH](C)C)(c1ccccc1)c1ccccc1.C[SiH](C)O[Si](C)(C)O[SiH](C)C.C[SiH](C)O[Si](C)(C)O[Si](O[SiH](C)C)(c1ccccc1)c1ccccc1.C[Si](C)(O)O[Si](C)(C)O[Si](C)(C)O.C[Si](C)(O)O[Si](C)(C)O[Si](C)(O[Si](C)(C)O)c1ccccc1. The third-order valence-corrected chi connectivity index (χ3v) is 91.5. The van der Waals surface area contributed by atoms with Crippen LogP contribution in [0.2, 0.25) is 331 Å². The zero-order valence-corrected chi connectivity index (χ0v) is 116. The molecule has 0 bridgehead atoms. The lowest BCUT2D eigenvalue weighted by Gasteiger charge is -2.44. The Labute approximate surface area is 820 Å². The molecule has 5 aromatic rings. The van der Waals surface area contributed by atoms with Crippen molar-refractivity contribution < 1.29 is 89.8 Å². The summed E-state index contributed by atoms with van der Waals surface area (Å²) in [7, 11) is -47.7. The smallest absolute Gasteiger partial charge is 0.389 e. The van der Waals surface area contributed by atoms with Crippen molar-refractivity contribution in [2.45, 2.75) is 331 Å². The first kappa shape index (κ1) is 130. The molecule has 0 radical (unpaired) electrons. The molecule has 0 aliphatic rings. The quantitative estimate of drug-likeness (QED) is 0.0265. The summed E-state index contributed by atoms with van der Waals surface area (Å²) in [6, 6.07) is 59.4. The molecule has 0 heterocycles. The van der Waals surface area contributed by atoms with E-state index in [0.717, 1.165) is 45.2 Å². The zero-order valence-electron chi connectivity index (χ0n) is 89.4. The average Bonchev–Trinajstić information content (AvgIpc) is 0.762. The summed E-state index contributed by atoms with van der Waals surface area (Å²) in [5, 5.41) is 5.52. The van der Waals surface area contributed by atoms with Crippen LogP contribution in [0.5, 0.6) is 0 Å². The summed E-state index contributed by atoms with van der Waals surface area (Å²) >= 11 is 0. The molecule has 4 N–H and O–H groups in total. The van der Waals surface area contributed by atoms with E-state index in [1.54, 1.807) is 52.4 Å². The van der Waals surface area contributed by atoms with E-state index in [2.05, 4.69) is 319 Å². The van der Waals surface area contributed by atoms with Gasteiger partial charge in [0.1, 0.15) is 0 Å². The minimum Gasteiger partial charge on any atom is -0.440 e. The van der Waals surface area contributed by atoms with E-state index in [-0.39, 0.29) is 0 Å². The van der Waals surface area contributed by atoms with Crippen LogP contribution in [0.25, 0.3) is 0 Å². The summed E-state index contributed by atoms with van der Waals surface area (Å²) in [5.74, 6) is 0. The van der Waals surface area contributed by atoms with Crippen LogP contribution >= 0.6 is 0 Å². The van der Waals surface area contributed by atoms with E-state index in [0.29, 0.717) is 0 Å². The molecular weight excluding hydrogens is 2040 g/mol. The highest BCUT2D eigenvalue weighted by atomic mass is 28.5. The Morgan fingerprint density at radius 1 is 0.209 bits per heavy atom. The Kier molecular flexibility index (Phi) is 57.4. The largest absolute Gasteiger partial charge is 0.440 e. The maximum Gasteiger partial charge on any atom is 0.389 e. The molecular formula is C83H188O21Si25. The van der Waals surface area contributed by atoms with Gasteiger partial charge in [0.15, 0.2) is 52.8 Å². The topological polar surface area (TPSA) is 238 Å². The van der Waals surface area contributed by atoms with E-state index in [1.807, 2.05) is 75.2 Å². The number of benzene rings is 5. The molecule has 1 unspecified atom stereocenters. The lowest BCUT2D eigenvalue weighted by Crippen LogP contribution is -2.71. The molecule has 21 nitrogen and oxygen atoms in total. The Morgan fingerprint density at radius 3 is 0.705 bits per heavy atom. The molecule has 0 aromatic heterocycles. The highest BCUT2D eigenvalue weighted by molar-refractivity contribution is 7.03. The van der Waals surface area contributed by atoms with Crippen LogP contribution in [-0.2, 0) is 70.6 Å². The molecule has 0 aliphatic heterocycles. The molecule has 746 valence electrons. The van der Waals surface area contributed by atoms with Crippen molar-refractivity contribution in [1.29, 1.82) is 0 Å². The molecule has 0 spiro atoms. The fourth-order valence-electron chi connectivity index (χ4n) is 14.8. The van der Waals surface area contributed by atoms with Crippen molar-refractivity contribution in [2.75, 3.05) is 13.2 Å². The third kappa shape index (κ3) is 61.9. The van der Waals surface area contributed by atoms with Gasteiger partial charge in [-0.25, -0.2) is 0 Å². The molecule has 5 aromatic carbocycles. The van der Waals surface area contributed by atoms with Crippen molar-refractivity contribution in [2.24, 2.45) is 0 Å². The predicted molar refractivity (Wildman–Crippen MR) is 615 cm³/mol. The van der Waals surface area contributed by atoms with Gasteiger partial charge in [0.05, 0.1) is 0 Å². The predicted octanol–water partition coefficient (Wildman–Crippen LogP) is 18.4. The van der Waals surface area contributed by atoms with Gasteiger partial charge in [-0.15, -0.1) is 0 Å². The van der Waals surface area contributed by atoms with Gasteiger partial charge in [0, 0.05) is 48.4 Å². The van der Waals surface area contributed by atoms with Crippen LogP contribution < -0.4 is 25.9 Å². The fourth-order valence-corrected chi connectivity index (χ4v) is 105. The second-order valence-corrected chi connectivity index (χ2v) is 128. The van der Waals surface area contributed by atoms with Crippen LogP contribution in [0, 0.1) is 0 Å². The number of hydrogen-bond donors (Lipinski definition) is 4. The van der Waals surface area contributed by atoms with Crippen LogP contribution in [-0.4, -0.2) is 249 Å². The van der Waals surface area contributed by atoms with Gasteiger partial charge in [-0.05, 0) is 292 Å². The molecule has 1 atom stereocenters. The lowest BCUT2D eigenvalue weighted by atomic mass is 10.4. The third-order valence-electron chi connectivity index (χ3n) is 17.9. The van der Waals surface area contributed by atoms with E-state index in [4.69, 9.17) is 70.6 Å². The highest BCUT2D eigenvalue weighted by Crippen LogP contribution is 2.31. The van der Waals surface area contributed by atoms with Gasteiger partial charge in [0.2, 0.25) is 0 Å². The maximum atomic E-state index is 10.2. The maximum absolute atomic E-state index is 10.2. The minimum absolute atomic E-state index is 0.489. The van der Waals surface area contributed by atoms with Gasteiger partial charge >= 0.3 is 128 Å². The van der Waals surface area contributed by atoms with E-state index < -0.39 is 216 Å². The summed E-state index contributed by atoms with van der Waals surface area (Å²) in [4.78, 5) is 39.4. The average molecular weight is 2220 g/mol. The van der Waals surface area contributed by atoms with Gasteiger partial charge in [-0.2, -0.15) is 0 Å². The van der Waals surface area contributed by atoms with Crippen LogP contribution in [0.1, 0.15) is 0 Å². The summed E-state index contributed by atoms with van der Waals surface area (Å²) in [5.41, 5.74) is 0. The Hall–Kier alpha value is 0.682. The van der Waals surface area contributed by atoms with Crippen molar-refractivity contribution in [3.05, 3.63) is 152 Å². The summed E-state index contributed by atoms with van der Waals surface area (Å²) < 4.78 is 108. The standard InChI is InChI=1S/C26H50O4Si6.C18H30O3Si4.C14H40O3Si5.C13H28O5Si4.C6H20O4Si3.C6H20O2Si3/c1-31(2)22-21-27-34(7,8)29-36(25-17-13-11-14-18-25,26-19-15-12-16-20-26)30-35(9,10)28-33(5,6)24-23-32(3)4;1-22(2)19-24(5,6)21-25(20-23(3)4,17-13-9-7-10-14-17)18-15-11-8-12-16-18;1-18(2)12-11-15-21(7,8)17-22(9,10)16-20(5,6)14-13-19(3)4;1-19(2,14)16-21(5,6)18-22(7,17-20(3,4)15)13-11-9-8-10-12-13;1-11(2,7)9-13(5,6)10-12(3,4)8;1-9(2)7-11(5,6)8-10(3)4/h11-20,31-32H,21-24H2,1-10H3;7-16,22-23H,1-6H3;18-19H,11-14H2,1-10H3;8-12,14-15H,1-7H3;7-8H,1-6H3;9-10H,1-6H3. The van der Waals surface area contributed by atoms with E-state index in [9.17, 15) is 19.2 Å². The molecule has 0 saturated heterocycles. The van der Waals surface area contributed by atoms with E-state index >= 15 is 0 Å². The van der Waals surface area contributed by atoms with Crippen molar-refractivity contribution >= 4 is 242 Å². The van der Waals surface area contributed by atoms with Gasteiger partial charge < -0.3 is 89.8 Å². The molecule has 46 heteroatoms. The summed E-state index contributed by atoms with van der Waals surface area (Å²) in [6.45, 7) is 97.0. The van der Waals surface area contributed by atoms with Gasteiger partial charge in [-0.1, -0.05) is 216 Å². The lowest BCUT2D eigenvalue weighted by molar-refractivity contribution is 0.239. The molecule has 0 saturated carbocycles. The van der Waals surface area contributed by atoms with Crippen LogP contribution in [0.4, 0.5) is 0 Å². The molecule has 0 aliphatic carbocycles. The van der Waals surface area contributed by atoms with Gasteiger partial charge in [0.25, 0.3) is 0 Å². The van der Waals surface area contributed by atoms with Crippen molar-refractivity contribution in [3.8, 4) is 0 Å². The molecule has 129 heavy (non-hydrogen) atoms. The Balaban J connectivity index is 0.00000158. The van der Waals surface area contributed by atoms with Gasteiger partial charge in [-0.3, -0.25) is 0 Å². The monoisotopic (exact) mass is 2220 g/mol. The second kappa shape index (κ2) is 57.1. The minimum atomic E-state index is -3.12. The number of rotatable bonds is 49. The molecule has 5 rings (SSSR count). The fraction of sp³-hybridized carbons (Fsp3) is 0.639. The highest BCUT2D eigenvalue weighted by Gasteiger charge is 2.55. The van der Waals surface area contributed by atoms with Crippen LogP contribution in [0.3, 0.4) is 0 Å². The number of hydrogen-bond acceptors (Lipinski definition) is 21. The first-order chi connectivity index (χ1) is 58.1. The summed E-state index contributed by atoms with van der Waals surface area (Å²) in [6.07, 6.45) is 0. The molecule has 0 fully saturated rings.